The molecular weight excluding hydrogens is 193 g/mol. The van der Waals surface area contributed by atoms with Gasteiger partial charge in [-0.25, -0.2) is 4.98 Å². The van der Waals surface area contributed by atoms with Crippen LogP contribution in [0.2, 0.25) is 0 Å². The summed E-state index contributed by atoms with van der Waals surface area (Å²) < 4.78 is 25.7. The summed E-state index contributed by atoms with van der Waals surface area (Å²) in [5.41, 5.74) is 0. The predicted octanol–water partition coefficient (Wildman–Crippen LogP) is -2.30. The van der Waals surface area contributed by atoms with Crippen molar-refractivity contribution in [2.45, 2.75) is 11.9 Å². The van der Waals surface area contributed by atoms with Gasteiger partial charge in [0.15, 0.2) is 5.03 Å². The number of aryl methyl sites for hydroxylation is 1. The van der Waals surface area contributed by atoms with Gasteiger partial charge in [0.25, 0.3) is 0 Å². The number of thiazole rings is 1. The number of ether oxygens (including phenoxy) is 1. The molecule has 0 aliphatic heterocycles. The fraction of sp³-hybridized carbons (Fsp3) is 0.400. The van der Waals surface area contributed by atoms with Crippen molar-refractivity contribution < 1.29 is 32.4 Å². The summed E-state index contributed by atoms with van der Waals surface area (Å²) >= 11 is -1.08. The van der Waals surface area contributed by atoms with Gasteiger partial charge in [-0.05, 0) is 6.92 Å². The summed E-state index contributed by atoms with van der Waals surface area (Å²) in [6.07, 6.45) is 0. The average Bonchev–Trinajstić information content (AvgIpc) is 2.30. The zero-order chi connectivity index (χ0) is 8.43. The number of hydrogen-bond acceptors (Lipinski definition) is 5. The van der Waals surface area contributed by atoms with Gasteiger partial charge in [-0.1, -0.05) is 11.3 Å². The summed E-state index contributed by atoms with van der Waals surface area (Å²) in [6.45, 7) is 1.73. The molecule has 12 heavy (non-hydrogen) atoms. The molecule has 1 unspecified atom stereocenters. The van der Waals surface area contributed by atoms with E-state index in [0.717, 1.165) is 0 Å². The van der Waals surface area contributed by atoms with Crippen LogP contribution in [0.25, 0.3) is 0 Å². The molecular formula is C5H6LiNO3S2. The van der Waals surface area contributed by atoms with Gasteiger partial charge < -0.3 is 9.29 Å². The normalized spacial score (nSPS) is 11.9. The minimum Gasteiger partial charge on any atom is -0.767 e. The number of aromatic nitrogens is 1. The second kappa shape index (κ2) is 4.99. The van der Waals surface area contributed by atoms with Crippen LogP contribution in [0.3, 0.4) is 0 Å². The summed E-state index contributed by atoms with van der Waals surface area (Å²) in [5, 5.41) is 1.02. The van der Waals surface area contributed by atoms with Crippen LogP contribution in [-0.4, -0.2) is 20.9 Å². The fourth-order valence-electron chi connectivity index (χ4n) is 0.624. The Balaban J connectivity index is 0.00000121. The molecule has 0 bridgehead atoms. The second-order valence-corrected chi connectivity index (χ2v) is 3.79. The Morgan fingerprint density at radius 2 is 2.25 bits per heavy atom. The molecule has 0 amide bonds. The number of hydrogen-bond donors (Lipinski definition) is 0. The van der Waals surface area contributed by atoms with Gasteiger partial charge >= 0.3 is 18.9 Å². The summed E-state index contributed by atoms with van der Waals surface area (Å²) in [5.74, 6) is 0. The summed E-state index contributed by atoms with van der Waals surface area (Å²) in [7, 11) is 1.42. The van der Waals surface area contributed by atoms with Crippen molar-refractivity contribution in [3.8, 4) is 5.06 Å². The Morgan fingerprint density at radius 1 is 1.67 bits per heavy atom. The zero-order valence-corrected chi connectivity index (χ0v) is 8.62. The first kappa shape index (κ1) is 12.1. The van der Waals surface area contributed by atoms with Gasteiger partial charge in [0, 0.05) is 11.1 Å². The van der Waals surface area contributed by atoms with E-state index in [4.69, 9.17) is 4.74 Å². The van der Waals surface area contributed by atoms with Crippen LogP contribution in [0.1, 0.15) is 5.01 Å². The van der Waals surface area contributed by atoms with Gasteiger partial charge in [-0.3, -0.25) is 4.21 Å². The maximum atomic E-state index is 10.5. The van der Waals surface area contributed by atoms with E-state index in [9.17, 15) is 8.76 Å². The molecule has 1 heterocycles. The van der Waals surface area contributed by atoms with Crippen LogP contribution in [-0.2, 0) is 11.1 Å². The first-order chi connectivity index (χ1) is 5.15. The van der Waals surface area contributed by atoms with E-state index in [0.29, 0.717) is 10.1 Å². The molecule has 0 saturated carbocycles. The van der Waals surface area contributed by atoms with E-state index in [1.807, 2.05) is 0 Å². The number of rotatable bonds is 2. The molecule has 1 rings (SSSR count). The molecule has 0 spiro atoms. The van der Waals surface area contributed by atoms with E-state index >= 15 is 0 Å². The van der Waals surface area contributed by atoms with E-state index in [1.54, 1.807) is 6.92 Å². The predicted molar refractivity (Wildman–Crippen MR) is 40.6 cm³/mol. The SMILES string of the molecule is COc1sc(C)nc1S(=O)[O-].[Li+]. The maximum absolute atomic E-state index is 10.5. The third kappa shape index (κ3) is 2.57. The third-order valence-electron chi connectivity index (χ3n) is 1.02. The summed E-state index contributed by atoms with van der Waals surface area (Å²) in [4.78, 5) is 3.76. The van der Waals surface area contributed by atoms with E-state index in [2.05, 4.69) is 4.98 Å². The molecule has 0 aliphatic rings. The van der Waals surface area contributed by atoms with Gasteiger partial charge in [-0.15, -0.1) is 0 Å². The molecule has 1 aromatic rings. The Hall–Kier alpha value is 0.137. The third-order valence-corrected chi connectivity index (χ3v) is 2.67. The van der Waals surface area contributed by atoms with Crippen molar-refractivity contribution in [3.63, 3.8) is 0 Å². The van der Waals surface area contributed by atoms with Gasteiger partial charge in [0.1, 0.15) is 0 Å². The molecule has 4 nitrogen and oxygen atoms in total. The minimum absolute atomic E-state index is 0. The Bertz CT molecular complexity index is 288. The molecule has 0 aliphatic carbocycles. The van der Waals surface area contributed by atoms with Crippen molar-refractivity contribution in [1.82, 2.24) is 4.98 Å². The standard InChI is InChI=1S/C5H7NO3S2.Li/c1-3-6-4(11(7)8)5(9-2)10-3;/h1-2H3,(H,7,8);/q;+1/p-1. The molecule has 0 radical (unpaired) electrons. The van der Waals surface area contributed by atoms with E-state index < -0.39 is 11.1 Å². The Kier molecular flexibility index (Phi) is 5.05. The first-order valence-corrected chi connectivity index (χ1v) is 4.65. The van der Waals surface area contributed by atoms with Crippen molar-refractivity contribution >= 4 is 22.4 Å². The molecule has 7 heteroatoms. The van der Waals surface area contributed by atoms with Crippen LogP contribution in [0.4, 0.5) is 0 Å². The van der Waals surface area contributed by atoms with Crippen LogP contribution in [0.15, 0.2) is 5.03 Å². The smallest absolute Gasteiger partial charge is 0.767 e. The van der Waals surface area contributed by atoms with E-state index in [1.165, 1.54) is 18.4 Å². The Labute approximate surface area is 88.8 Å². The molecule has 1 aromatic heterocycles. The molecule has 0 aromatic carbocycles. The second-order valence-electron chi connectivity index (χ2n) is 1.76. The zero-order valence-electron chi connectivity index (χ0n) is 6.99. The maximum Gasteiger partial charge on any atom is 1.00 e. The quantitative estimate of drug-likeness (QED) is 0.397. The number of nitrogens with zero attached hydrogens (tertiary/aromatic N) is 1. The molecule has 0 saturated heterocycles. The first-order valence-electron chi connectivity index (χ1n) is 2.76. The topological polar surface area (TPSA) is 62.2 Å². The van der Waals surface area contributed by atoms with Crippen molar-refractivity contribution in [2.24, 2.45) is 0 Å². The Morgan fingerprint density at radius 3 is 2.58 bits per heavy atom. The summed E-state index contributed by atoms with van der Waals surface area (Å²) in [6, 6.07) is 0. The van der Waals surface area contributed by atoms with Crippen molar-refractivity contribution in [1.29, 1.82) is 0 Å². The average molecular weight is 199 g/mol. The van der Waals surface area contributed by atoms with Gasteiger partial charge in [0.2, 0.25) is 5.06 Å². The van der Waals surface area contributed by atoms with Gasteiger partial charge in [0.05, 0.1) is 12.1 Å². The van der Waals surface area contributed by atoms with Gasteiger partial charge in [-0.2, -0.15) is 0 Å². The molecule has 62 valence electrons. The number of methoxy groups -OCH3 is 1. The van der Waals surface area contributed by atoms with Crippen molar-refractivity contribution in [2.75, 3.05) is 7.11 Å². The largest absolute Gasteiger partial charge is 1.00 e. The molecule has 0 N–H and O–H groups in total. The van der Waals surface area contributed by atoms with Crippen LogP contribution < -0.4 is 23.6 Å². The molecule has 1 atom stereocenters. The fourth-order valence-corrected chi connectivity index (χ4v) is 2.06. The van der Waals surface area contributed by atoms with E-state index in [-0.39, 0.29) is 23.9 Å². The van der Waals surface area contributed by atoms with Crippen LogP contribution >= 0.6 is 11.3 Å². The minimum atomic E-state index is -2.30. The van der Waals surface area contributed by atoms with Crippen LogP contribution in [0.5, 0.6) is 5.06 Å². The van der Waals surface area contributed by atoms with Crippen LogP contribution in [0, 0.1) is 6.92 Å². The molecule has 0 fully saturated rings. The monoisotopic (exact) mass is 199 g/mol. The van der Waals surface area contributed by atoms with Crippen molar-refractivity contribution in [3.05, 3.63) is 5.01 Å².